The Morgan fingerprint density at radius 2 is 1.12 bits per heavy atom. The molecule has 2 aromatic heterocycles. The van der Waals surface area contributed by atoms with E-state index in [4.69, 9.17) is 9.72 Å². The van der Waals surface area contributed by atoms with Crippen LogP contribution < -0.4 is 21.1 Å². The number of ether oxygens (including phenoxy) is 1. The molecule has 0 unspecified atom stereocenters. The lowest BCUT2D eigenvalue weighted by Crippen LogP contribution is -2.58. The van der Waals surface area contributed by atoms with Crippen LogP contribution in [0.5, 0.6) is 11.5 Å². The van der Waals surface area contributed by atoms with E-state index in [1.165, 1.54) is 77.4 Å². The second-order valence-corrected chi connectivity index (χ2v) is 22.9. The summed E-state index contributed by atoms with van der Waals surface area (Å²) >= 11 is 0. The fourth-order valence-corrected chi connectivity index (χ4v) is 10.9. The summed E-state index contributed by atoms with van der Waals surface area (Å²) in [6.07, 6.45) is 0. The quantitative estimate of drug-likeness (QED) is 0.161. The van der Waals surface area contributed by atoms with Crippen LogP contribution in [0.1, 0.15) is 130 Å². The van der Waals surface area contributed by atoms with Gasteiger partial charge in [0, 0.05) is 27.5 Å². The van der Waals surface area contributed by atoms with Crippen molar-refractivity contribution in [2.45, 2.75) is 118 Å². The number of fused-ring (bicyclic) bond motifs is 8. The molecule has 66 heavy (non-hydrogen) atoms. The lowest BCUT2D eigenvalue weighted by Gasteiger charge is -2.35. The van der Waals surface area contributed by atoms with Crippen LogP contribution >= 0.6 is 0 Å². The first-order valence-electron chi connectivity index (χ1n) is 24.1. The van der Waals surface area contributed by atoms with Crippen molar-refractivity contribution < 1.29 is 4.74 Å². The first kappa shape index (κ1) is 42.3. The Labute approximate surface area is 391 Å². The molecule has 0 saturated heterocycles. The van der Waals surface area contributed by atoms with Gasteiger partial charge in [-0.2, -0.15) is 0 Å². The standard InChI is InChI=1S/C61H62BN3O/c1-35(2)43-20-17-21-44(36(3)4)56(43)65-51-23-15-14-22-49(51)63-58(65)38-19-16-18-37(28-38)39-29-52-55-54(30-39)66-53-27-25-41(60(8,9)10)33-47(53)62(55)48-34-42(61(11,12)13)32-46-45-31-40(59(5,6)7)24-26-50(45)64(52)57(46)48/h14-36H,1-13H3. The Morgan fingerprint density at radius 3 is 1.82 bits per heavy atom. The van der Waals surface area contributed by atoms with Crippen LogP contribution in [-0.2, 0) is 16.2 Å². The molecule has 2 aliphatic rings. The van der Waals surface area contributed by atoms with Crippen LogP contribution in [0, 0.1) is 0 Å². The van der Waals surface area contributed by atoms with Crippen molar-refractivity contribution in [2.24, 2.45) is 0 Å². The monoisotopic (exact) mass is 863 g/mol. The minimum atomic E-state index is -0.0478. The molecule has 0 spiro atoms. The highest BCUT2D eigenvalue weighted by Gasteiger charge is 2.42. The molecule has 0 saturated carbocycles. The highest BCUT2D eigenvalue weighted by molar-refractivity contribution is 6.99. The van der Waals surface area contributed by atoms with E-state index < -0.39 is 0 Å². The van der Waals surface area contributed by atoms with Gasteiger partial charge < -0.3 is 9.30 Å². The molecule has 0 fully saturated rings. The third kappa shape index (κ3) is 6.51. The maximum absolute atomic E-state index is 7.19. The SMILES string of the molecule is CC(C)c1cccc(C(C)C)c1-n1c(-c2cccc(-c3cc4c5c(c3)-n3c6ccc(C(C)(C)C)cc6c6cc(C(C)(C)C)cc(c63)B5c3cc(C(C)(C)C)ccc3O4)c2)nc2ccccc21. The van der Waals surface area contributed by atoms with E-state index in [0.717, 1.165) is 45.0 Å². The lowest BCUT2D eigenvalue weighted by atomic mass is 9.34. The van der Waals surface area contributed by atoms with E-state index in [2.05, 4.69) is 227 Å². The molecule has 330 valence electrons. The van der Waals surface area contributed by atoms with Gasteiger partial charge in [0.15, 0.2) is 0 Å². The third-order valence-electron chi connectivity index (χ3n) is 14.6. The molecule has 4 nitrogen and oxygen atoms in total. The van der Waals surface area contributed by atoms with Gasteiger partial charge in [0.2, 0.25) is 0 Å². The average molecular weight is 864 g/mol. The second-order valence-electron chi connectivity index (χ2n) is 22.9. The molecular formula is C61H62BN3O. The summed E-state index contributed by atoms with van der Waals surface area (Å²) in [4.78, 5) is 5.43. The van der Waals surface area contributed by atoms with Gasteiger partial charge >= 0.3 is 0 Å². The molecule has 0 N–H and O–H groups in total. The van der Waals surface area contributed by atoms with Crippen LogP contribution in [0.2, 0.25) is 0 Å². The predicted octanol–water partition coefficient (Wildman–Crippen LogP) is 14.5. The van der Waals surface area contributed by atoms with Crippen molar-refractivity contribution in [1.82, 2.24) is 14.1 Å². The second kappa shape index (κ2) is 14.6. The maximum Gasteiger partial charge on any atom is 0.256 e. The lowest BCUT2D eigenvalue weighted by molar-refractivity contribution is 0.486. The van der Waals surface area contributed by atoms with Gasteiger partial charge in [-0.3, -0.25) is 4.57 Å². The summed E-state index contributed by atoms with van der Waals surface area (Å²) in [6, 6.07) is 48.3. The van der Waals surface area contributed by atoms with E-state index in [1.807, 2.05) is 0 Å². The van der Waals surface area contributed by atoms with Gasteiger partial charge in [0.25, 0.3) is 6.71 Å². The van der Waals surface area contributed by atoms with E-state index in [9.17, 15) is 0 Å². The summed E-state index contributed by atoms with van der Waals surface area (Å²) in [7, 11) is 0. The topological polar surface area (TPSA) is 32.0 Å². The maximum atomic E-state index is 7.19. The summed E-state index contributed by atoms with van der Waals surface area (Å²) < 4.78 is 12.2. The van der Waals surface area contributed by atoms with Crippen LogP contribution in [0.3, 0.4) is 0 Å². The smallest absolute Gasteiger partial charge is 0.256 e. The summed E-state index contributed by atoms with van der Waals surface area (Å²) in [5, 5.41) is 2.62. The molecule has 7 aromatic carbocycles. The molecule has 0 amide bonds. The van der Waals surface area contributed by atoms with E-state index in [-0.39, 0.29) is 23.0 Å². The minimum absolute atomic E-state index is 0.00113. The number of hydrogen-bond acceptors (Lipinski definition) is 2. The normalized spacial score (nSPS) is 13.6. The van der Waals surface area contributed by atoms with Gasteiger partial charge in [-0.25, -0.2) is 4.98 Å². The predicted molar refractivity (Wildman–Crippen MR) is 282 cm³/mol. The zero-order valence-corrected chi connectivity index (χ0v) is 41.1. The van der Waals surface area contributed by atoms with Gasteiger partial charge in [0.1, 0.15) is 17.3 Å². The average Bonchev–Trinajstić information content (AvgIpc) is 3.82. The molecular weight excluding hydrogens is 802 g/mol. The molecule has 0 bridgehead atoms. The van der Waals surface area contributed by atoms with Crippen LogP contribution in [0.25, 0.3) is 66.7 Å². The Morgan fingerprint density at radius 1 is 0.500 bits per heavy atom. The van der Waals surface area contributed by atoms with Gasteiger partial charge in [-0.05, 0) is 138 Å². The van der Waals surface area contributed by atoms with Crippen molar-refractivity contribution in [2.75, 3.05) is 0 Å². The number of benzene rings is 7. The number of aromatic nitrogens is 3. The highest BCUT2D eigenvalue weighted by Crippen LogP contribution is 2.44. The fraction of sp³-hybridized carbons (Fsp3) is 0.295. The zero-order chi connectivity index (χ0) is 46.4. The number of para-hydroxylation sites is 3. The Bertz CT molecular complexity index is 3440. The molecule has 0 radical (unpaired) electrons. The molecule has 4 heterocycles. The fourth-order valence-electron chi connectivity index (χ4n) is 10.9. The van der Waals surface area contributed by atoms with Crippen molar-refractivity contribution in [3.05, 3.63) is 155 Å². The zero-order valence-electron chi connectivity index (χ0n) is 41.1. The van der Waals surface area contributed by atoms with Crippen LogP contribution in [0.15, 0.2) is 127 Å². The summed E-state index contributed by atoms with van der Waals surface area (Å²) in [6.45, 7) is 30.1. The van der Waals surface area contributed by atoms with E-state index in [1.54, 1.807) is 0 Å². The molecule has 11 rings (SSSR count). The number of nitrogens with zero attached hydrogens (tertiary/aromatic N) is 3. The largest absolute Gasteiger partial charge is 0.458 e. The minimum Gasteiger partial charge on any atom is -0.458 e. The summed E-state index contributed by atoms with van der Waals surface area (Å²) in [5.41, 5.74) is 20.8. The highest BCUT2D eigenvalue weighted by atomic mass is 16.5. The van der Waals surface area contributed by atoms with Gasteiger partial charge in [-0.15, -0.1) is 0 Å². The van der Waals surface area contributed by atoms with Gasteiger partial charge in [0.05, 0.1) is 22.2 Å². The first-order valence-corrected chi connectivity index (χ1v) is 24.1. The first-order chi connectivity index (χ1) is 31.3. The van der Waals surface area contributed by atoms with E-state index >= 15 is 0 Å². The van der Waals surface area contributed by atoms with E-state index in [0.29, 0.717) is 11.8 Å². The molecule has 2 aliphatic heterocycles. The molecule has 0 atom stereocenters. The van der Waals surface area contributed by atoms with Crippen LogP contribution in [0.4, 0.5) is 0 Å². The number of hydrogen-bond donors (Lipinski definition) is 0. The number of imidazole rings is 1. The van der Waals surface area contributed by atoms with Crippen molar-refractivity contribution in [3.8, 4) is 45.4 Å². The summed E-state index contributed by atoms with van der Waals surface area (Å²) in [5.74, 6) is 3.47. The third-order valence-corrected chi connectivity index (χ3v) is 14.6. The van der Waals surface area contributed by atoms with Crippen molar-refractivity contribution in [3.63, 3.8) is 0 Å². The number of rotatable bonds is 5. The molecule has 9 aromatic rings. The van der Waals surface area contributed by atoms with Crippen molar-refractivity contribution in [1.29, 1.82) is 0 Å². The Hall–Kier alpha value is -6.33. The Balaban J connectivity index is 1.19. The molecule has 5 heteroatoms. The van der Waals surface area contributed by atoms with Crippen molar-refractivity contribution >= 4 is 55.9 Å². The molecule has 0 aliphatic carbocycles. The Kier molecular flexibility index (Phi) is 9.35. The van der Waals surface area contributed by atoms with Crippen LogP contribution in [-0.4, -0.2) is 20.8 Å². The van der Waals surface area contributed by atoms with Gasteiger partial charge in [-0.1, -0.05) is 163 Å².